The van der Waals surface area contributed by atoms with E-state index in [-0.39, 0.29) is 6.61 Å². The predicted molar refractivity (Wildman–Crippen MR) is 56.4 cm³/mol. The summed E-state index contributed by atoms with van der Waals surface area (Å²) >= 11 is 0. The van der Waals surface area contributed by atoms with E-state index in [4.69, 9.17) is 9.84 Å². The van der Waals surface area contributed by atoms with Crippen molar-refractivity contribution in [2.45, 2.75) is 26.4 Å². The Kier molecular flexibility index (Phi) is 6.47. The van der Waals surface area contributed by atoms with Gasteiger partial charge in [0.15, 0.2) is 0 Å². The first-order valence-electron chi connectivity index (χ1n) is 5.01. The van der Waals surface area contributed by atoms with E-state index in [1.165, 1.54) is 7.11 Å². The second-order valence-electron chi connectivity index (χ2n) is 4.19. The van der Waals surface area contributed by atoms with Gasteiger partial charge in [0.1, 0.15) is 6.10 Å². The molecule has 0 aliphatic carbocycles. The van der Waals surface area contributed by atoms with Crippen LogP contribution in [0.3, 0.4) is 0 Å². The van der Waals surface area contributed by atoms with Crippen molar-refractivity contribution in [3.05, 3.63) is 0 Å². The largest absolute Gasteiger partial charge is 0.396 e. The van der Waals surface area contributed by atoms with E-state index < -0.39 is 17.4 Å². The second-order valence-corrected chi connectivity index (χ2v) is 4.19. The number of aliphatic hydroxyl groups is 2. The van der Waals surface area contributed by atoms with Crippen LogP contribution in [0.25, 0.3) is 0 Å². The van der Waals surface area contributed by atoms with E-state index >= 15 is 0 Å². The number of carbonyl (C=O) groups is 1. The SMILES string of the molecule is COCC(C)(C)C(O)C(=O)NCCCO. The molecule has 15 heavy (non-hydrogen) atoms. The molecule has 0 aromatic heterocycles. The van der Waals surface area contributed by atoms with Crippen molar-refractivity contribution in [3.8, 4) is 0 Å². The zero-order valence-corrected chi connectivity index (χ0v) is 9.62. The molecule has 0 aromatic rings. The Morgan fingerprint density at radius 2 is 2.13 bits per heavy atom. The van der Waals surface area contributed by atoms with Crippen LogP contribution in [0.2, 0.25) is 0 Å². The predicted octanol–water partition coefficient (Wildman–Crippen LogP) is -0.481. The standard InChI is InChI=1S/C10H21NO4/c1-10(2,7-15-3)8(13)9(14)11-5-4-6-12/h8,12-13H,4-7H2,1-3H3,(H,11,14). The highest BCUT2D eigenvalue weighted by Gasteiger charge is 2.33. The molecule has 0 heterocycles. The molecule has 1 unspecified atom stereocenters. The summed E-state index contributed by atoms with van der Waals surface area (Å²) in [5.74, 6) is -0.425. The fourth-order valence-electron chi connectivity index (χ4n) is 1.19. The molecule has 5 nitrogen and oxygen atoms in total. The van der Waals surface area contributed by atoms with Crippen LogP contribution < -0.4 is 5.32 Å². The highest BCUT2D eigenvalue weighted by molar-refractivity contribution is 5.81. The molecule has 0 rings (SSSR count). The van der Waals surface area contributed by atoms with Crippen molar-refractivity contribution >= 4 is 5.91 Å². The maximum atomic E-state index is 11.4. The van der Waals surface area contributed by atoms with Crippen molar-refractivity contribution < 1.29 is 19.7 Å². The highest BCUT2D eigenvalue weighted by atomic mass is 16.5. The Balaban J connectivity index is 4.06. The minimum atomic E-state index is -1.10. The molecule has 1 amide bonds. The van der Waals surface area contributed by atoms with Crippen LogP contribution in [0, 0.1) is 5.41 Å². The first-order valence-corrected chi connectivity index (χ1v) is 5.01. The Labute approximate surface area is 90.4 Å². The minimum absolute atomic E-state index is 0.0256. The molecule has 0 radical (unpaired) electrons. The van der Waals surface area contributed by atoms with Gasteiger partial charge in [-0.2, -0.15) is 0 Å². The van der Waals surface area contributed by atoms with Crippen LogP contribution in [0.1, 0.15) is 20.3 Å². The average Bonchev–Trinajstić information content (AvgIpc) is 2.16. The molecule has 3 N–H and O–H groups in total. The number of ether oxygens (including phenoxy) is 1. The monoisotopic (exact) mass is 219 g/mol. The van der Waals surface area contributed by atoms with Gasteiger partial charge in [0.25, 0.3) is 0 Å². The maximum absolute atomic E-state index is 11.4. The summed E-state index contributed by atoms with van der Waals surface area (Å²) in [4.78, 5) is 11.4. The molecular weight excluding hydrogens is 198 g/mol. The average molecular weight is 219 g/mol. The molecule has 0 bridgehead atoms. The van der Waals surface area contributed by atoms with Gasteiger partial charge in [-0.1, -0.05) is 13.8 Å². The van der Waals surface area contributed by atoms with Gasteiger partial charge in [0, 0.05) is 25.7 Å². The third-order valence-corrected chi connectivity index (χ3v) is 2.14. The smallest absolute Gasteiger partial charge is 0.249 e. The number of methoxy groups -OCH3 is 1. The molecule has 0 saturated heterocycles. The zero-order valence-electron chi connectivity index (χ0n) is 9.62. The molecule has 0 aliphatic rings. The fraction of sp³-hybridized carbons (Fsp3) is 0.900. The lowest BCUT2D eigenvalue weighted by Crippen LogP contribution is -2.46. The molecular formula is C10H21NO4. The number of nitrogens with one attached hydrogen (secondary N) is 1. The quantitative estimate of drug-likeness (QED) is 0.505. The first-order chi connectivity index (χ1) is 6.95. The van der Waals surface area contributed by atoms with E-state index in [1.807, 2.05) is 0 Å². The van der Waals surface area contributed by atoms with Gasteiger partial charge in [-0.25, -0.2) is 0 Å². The third-order valence-electron chi connectivity index (χ3n) is 2.14. The fourth-order valence-corrected chi connectivity index (χ4v) is 1.19. The van der Waals surface area contributed by atoms with Crippen molar-refractivity contribution in [2.75, 3.05) is 26.9 Å². The van der Waals surface area contributed by atoms with Crippen LogP contribution in [0.4, 0.5) is 0 Å². The number of hydrogen-bond donors (Lipinski definition) is 3. The van der Waals surface area contributed by atoms with Gasteiger partial charge in [0.05, 0.1) is 6.61 Å². The Morgan fingerprint density at radius 1 is 1.53 bits per heavy atom. The lowest BCUT2D eigenvalue weighted by molar-refractivity contribution is -0.137. The summed E-state index contributed by atoms with van der Waals surface area (Å²) in [5, 5.41) is 20.8. The second kappa shape index (κ2) is 6.76. The molecule has 0 spiro atoms. The van der Waals surface area contributed by atoms with Gasteiger partial charge in [-0.05, 0) is 6.42 Å². The van der Waals surface area contributed by atoms with E-state index in [2.05, 4.69) is 5.32 Å². The lowest BCUT2D eigenvalue weighted by atomic mass is 9.87. The van der Waals surface area contributed by atoms with E-state index in [0.29, 0.717) is 19.6 Å². The van der Waals surface area contributed by atoms with E-state index in [1.54, 1.807) is 13.8 Å². The van der Waals surface area contributed by atoms with E-state index in [0.717, 1.165) is 0 Å². The van der Waals surface area contributed by atoms with Crippen LogP contribution in [0.15, 0.2) is 0 Å². The van der Waals surface area contributed by atoms with Crippen LogP contribution in [-0.4, -0.2) is 49.1 Å². The summed E-state index contributed by atoms with van der Waals surface area (Å²) in [6.07, 6.45) is -0.612. The van der Waals surface area contributed by atoms with Crippen molar-refractivity contribution in [1.82, 2.24) is 5.32 Å². The Morgan fingerprint density at radius 3 is 2.60 bits per heavy atom. The Bertz CT molecular complexity index is 194. The van der Waals surface area contributed by atoms with Crippen LogP contribution in [-0.2, 0) is 9.53 Å². The van der Waals surface area contributed by atoms with Gasteiger partial charge in [0.2, 0.25) is 5.91 Å². The molecule has 0 saturated carbocycles. The molecule has 0 aliphatic heterocycles. The molecule has 1 atom stereocenters. The minimum Gasteiger partial charge on any atom is -0.396 e. The molecule has 90 valence electrons. The topological polar surface area (TPSA) is 78.8 Å². The summed E-state index contributed by atoms with van der Waals surface area (Å²) in [7, 11) is 1.53. The number of amides is 1. The van der Waals surface area contributed by atoms with Crippen molar-refractivity contribution in [3.63, 3.8) is 0 Å². The summed E-state index contributed by atoms with van der Waals surface area (Å²) in [5.41, 5.74) is -0.613. The Hall–Kier alpha value is -0.650. The van der Waals surface area contributed by atoms with Gasteiger partial charge < -0.3 is 20.3 Å². The third kappa shape index (κ3) is 5.11. The number of hydrogen-bond acceptors (Lipinski definition) is 4. The molecule has 0 fully saturated rings. The van der Waals surface area contributed by atoms with Gasteiger partial charge in [-0.15, -0.1) is 0 Å². The lowest BCUT2D eigenvalue weighted by Gasteiger charge is -2.28. The maximum Gasteiger partial charge on any atom is 0.249 e. The normalized spacial score (nSPS) is 13.7. The summed E-state index contributed by atoms with van der Waals surface area (Å²) in [6.45, 7) is 4.22. The van der Waals surface area contributed by atoms with Gasteiger partial charge in [-0.3, -0.25) is 4.79 Å². The molecule has 5 heteroatoms. The van der Waals surface area contributed by atoms with E-state index in [9.17, 15) is 9.90 Å². The van der Waals surface area contributed by atoms with Crippen LogP contribution in [0.5, 0.6) is 0 Å². The molecule has 0 aromatic carbocycles. The summed E-state index contributed by atoms with van der Waals surface area (Å²) < 4.78 is 4.92. The number of carbonyl (C=O) groups excluding carboxylic acids is 1. The van der Waals surface area contributed by atoms with Crippen molar-refractivity contribution in [2.24, 2.45) is 5.41 Å². The highest BCUT2D eigenvalue weighted by Crippen LogP contribution is 2.20. The summed E-state index contributed by atoms with van der Waals surface area (Å²) in [6, 6.07) is 0. The van der Waals surface area contributed by atoms with Gasteiger partial charge >= 0.3 is 0 Å². The number of rotatable bonds is 7. The number of aliphatic hydroxyl groups excluding tert-OH is 2. The van der Waals surface area contributed by atoms with Crippen molar-refractivity contribution in [1.29, 1.82) is 0 Å². The van der Waals surface area contributed by atoms with Crippen LogP contribution >= 0.6 is 0 Å². The first kappa shape index (κ1) is 14.3. The zero-order chi connectivity index (χ0) is 11.9.